The number of fused-ring (bicyclic) bond motifs is 1. The van der Waals surface area contributed by atoms with Gasteiger partial charge in [0.15, 0.2) is 5.65 Å². The molecule has 0 radical (unpaired) electrons. The van der Waals surface area contributed by atoms with Crippen molar-refractivity contribution in [3.63, 3.8) is 0 Å². The Bertz CT molecular complexity index is 1620. The Morgan fingerprint density at radius 1 is 1.00 bits per heavy atom. The molecular weight excluding hydrogens is 502 g/mol. The summed E-state index contributed by atoms with van der Waals surface area (Å²) in [5, 5.41) is 27.5. The molecule has 0 saturated carbocycles. The van der Waals surface area contributed by atoms with Crippen LogP contribution in [0.1, 0.15) is 32.0 Å². The van der Waals surface area contributed by atoms with Gasteiger partial charge in [-0.15, -0.1) is 0 Å². The van der Waals surface area contributed by atoms with Gasteiger partial charge in [0, 0.05) is 29.8 Å². The first-order valence-corrected chi connectivity index (χ1v) is 12.5. The van der Waals surface area contributed by atoms with Crippen molar-refractivity contribution in [3.05, 3.63) is 71.1 Å². The molecule has 0 amide bonds. The quantitative estimate of drug-likeness (QED) is 0.228. The van der Waals surface area contributed by atoms with Gasteiger partial charge in [-0.25, -0.2) is 19.3 Å². The zero-order chi connectivity index (χ0) is 27.2. The lowest BCUT2D eigenvalue weighted by Gasteiger charge is -2.18. The molecule has 0 aliphatic heterocycles. The van der Waals surface area contributed by atoms with Gasteiger partial charge < -0.3 is 21.5 Å². The number of aromatic nitrogens is 6. The minimum absolute atomic E-state index is 0.168. The van der Waals surface area contributed by atoms with Crippen molar-refractivity contribution in [1.82, 2.24) is 29.5 Å². The van der Waals surface area contributed by atoms with Gasteiger partial charge in [0.2, 0.25) is 6.35 Å². The summed E-state index contributed by atoms with van der Waals surface area (Å²) >= 11 is 6.65. The second-order valence-electron chi connectivity index (χ2n) is 10.2. The molecule has 0 saturated heterocycles. The number of nitrogens with one attached hydrogen (secondary N) is 2. The molecule has 3 aromatic heterocycles. The molecular formula is C27H30ClN9O. The summed E-state index contributed by atoms with van der Waals surface area (Å²) in [5.74, 6) is 0.979. The number of nitrogen functional groups attached to an aromatic ring is 1. The molecule has 0 fully saturated rings. The minimum atomic E-state index is -1.12. The van der Waals surface area contributed by atoms with Gasteiger partial charge in [-0.2, -0.15) is 10.2 Å². The predicted molar refractivity (Wildman–Crippen MR) is 151 cm³/mol. The number of hydrogen-bond acceptors (Lipinski definition) is 8. The van der Waals surface area contributed by atoms with Crippen molar-refractivity contribution in [2.45, 2.75) is 39.5 Å². The summed E-state index contributed by atoms with van der Waals surface area (Å²) in [6.45, 7) is 8.33. The first kappa shape index (κ1) is 25.5. The van der Waals surface area contributed by atoms with E-state index in [1.807, 2.05) is 49.4 Å². The molecule has 3 heterocycles. The summed E-state index contributed by atoms with van der Waals surface area (Å²) in [4.78, 5) is 8.36. The summed E-state index contributed by atoms with van der Waals surface area (Å²) in [6.07, 6.45) is 0.284. The van der Waals surface area contributed by atoms with E-state index in [0.717, 1.165) is 16.9 Å². The molecule has 0 aliphatic carbocycles. The zero-order valence-electron chi connectivity index (χ0n) is 21.9. The molecule has 2 aromatic carbocycles. The fourth-order valence-corrected chi connectivity index (χ4v) is 4.43. The third kappa shape index (κ3) is 4.88. The number of anilines is 3. The lowest BCUT2D eigenvalue weighted by molar-refractivity contribution is 0.232. The van der Waals surface area contributed by atoms with Crippen LogP contribution in [0.2, 0.25) is 5.02 Å². The number of aryl methyl sites for hydroxylation is 2. The third-order valence-corrected chi connectivity index (χ3v) is 6.53. The van der Waals surface area contributed by atoms with Gasteiger partial charge in [0.1, 0.15) is 23.7 Å². The molecule has 1 atom stereocenters. The van der Waals surface area contributed by atoms with E-state index >= 15 is 0 Å². The maximum atomic E-state index is 10.9. The molecule has 5 aromatic rings. The number of benzene rings is 2. The number of nitrogens with two attached hydrogens (primary N) is 1. The van der Waals surface area contributed by atoms with Crippen molar-refractivity contribution in [2.75, 3.05) is 16.4 Å². The Kier molecular flexibility index (Phi) is 6.46. The SMILES string of the molecule is Cc1ccc(-n2nc(C(C)(C)C)cc2NC(O)Nc2ccc(-c3nn(C)c4ncnc(N)c34)c(Cl)c2)cc1. The zero-order valence-corrected chi connectivity index (χ0v) is 22.6. The van der Waals surface area contributed by atoms with Crippen molar-refractivity contribution in [3.8, 4) is 16.9 Å². The van der Waals surface area contributed by atoms with E-state index in [1.54, 1.807) is 22.5 Å². The molecule has 38 heavy (non-hydrogen) atoms. The van der Waals surface area contributed by atoms with Crippen LogP contribution in [-0.2, 0) is 12.5 Å². The fourth-order valence-electron chi connectivity index (χ4n) is 4.16. The highest BCUT2D eigenvalue weighted by Gasteiger charge is 2.22. The summed E-state index contributed by atoms with van der Waals surface area (Å²) in [6, 6.07) is 15.3. The molecule has 0 bridgehead atoms. The molecule has 196 valence electrons. The number of hydrogen-bond donors (Lipinski definition) is 4. The van der Waals surface area contributed by atoms with Gasteiger partial charge in [-0.3, -0.25) is 0 Å². The maximum absolute atomic E-state index is 10.9. The Balaban J connectivity index is 1.40. The predicted octanol–water partition coefficient (Wildman–Crippen LogP) is 4.86. The molecule has 5 rings (SSSR count). The molecule has 10 nitrogen and oxygen atoms in total. The minimum Gasteiger partial charge on any atom is -0.383 e. The third-order valence-electron chi connectivity index (χ3n) is 6.22. The van der Waals surface area contributed by atoms with E-state index in [0.29, 0.717) is 44.6 Å². The number of nitrogens with zero attached hydrogens (tertiary/aromatic N) is 6. The Morgan fingerprint density at radius 2 is 1.74 bits per heavy atom. The summed E-state index contributed by atoms with van der Waals surface area (Å²) in [7, 11) is 1.79. The van der Waals surface area contributed by atoms with E-state index in [1.165, 1.54) is 6.33 Å². The van der Waals surface area contributed by atoms with Gasteiger partial charge in [0.05, 0.1) is 21.8 Å². The number of halogens is 1. The Hall–Kier alpha value is -4.15. The second-order valence-corrected chi connectivity index (χ2v) is 10.6. The fraction of sp³-hybridized carbons (Fsp3) is 0.259. The summed E-state index contributed by atoms with van der Waals surface area (Å²) < 4.78 is 3.43. The summed E-state index contributed by atoms with van der Waals surface area (Å²) in [5.41, 5.74) is 11.4. The normalized spacial score (nSPS) is 12.6. The number of rotatable bonds is 6. The highest BCUT2D eigenvalue weighted by atomic mass is 35.5. The smallest absolute Gasteiger partial charge is 0.203 e. The van der Waals surface area contributed by atoms with Crippen LogP contribution in [0.4, 0.5) is 17.3 Å². The monoisotopic (exact) mass is 531 g/mol. The van der Waals surface area contributed by atoms with Crippen molar-refractivity contribution in [2.24, 2.45) is 7.05 Å². The van der Waals surface area contributed by atoms with E-state index in [4.69, 9.17) is 22.4 Å². The van der Waals surface area contributed by atoms with Crippen LogP contribution in [0.5, 0.6) is 0 Å². The van der Waals surface area contributed by atoms with E-state index in [-0.39, 0.29) is 5.41 Å². The lowest BCUT2D eigenvalue weighted by Crippen LogP contribution is -2.29. The van der Waals surface area contributed by atoms with Gasteiger partial charge in [-0.1, -0.05) is 50.1 Å². The molecule has 0 spiro atoms. The van der Waals surface area contributed by atoms with Crippen LogP contribution in [-0.4, -0.2) is 41.0 Å². The van der Waals surface area contributed by atoms with Gasteiger partial charge >= 0.3 is 0 Å². The van der Waals surface area contributed by atoms with Crippen LogP contribution in [0.15, 0.2) is 54.9 Å². The largest absolute Gasteiger partial charge is 0.383 e. The van der Waals surface area contributed by atoms with Crippen LogP contribution in [0, 0.1) is 6.92 Å². The van der Waals surface area contributed by atoms with Crippen molar-refractivity contribution in [1.29, 1.82) is 0 Å². The molecule has 5 N–H and O–H groups in total. The Morgan fingerprint density at radius 3 is 2.42 bits per heavy atom. The first-order chi connectivity index (χ1) is 18.0. The number of aliphatic hydroxyl groups is 1. The van der Waals surface area contributed by atoms with Crippen LogP contribution in [0.3, 0.4) is 0 Å². The first-order valence-electron chi connectivity index (χ1n) is 12.1. The van der Waals surface area contributed by atoms with Crippen LogP contribution in [0.25, 0.3) is 28.0 Å². The maximum Gasteiger partial charge on any atom is 0.203 e. The van der Waals surface area contributed by atoms with E-state index in [2.05, 4.69) is 46.5 Å². The number of aliphatic hydroxyl groups excluding tert-OH is 1. The van der Waals surface area contributed by atoms with Crippen LogP contribution >= 0.6 is 11.6 Å². The van der Waals surface area contributed by atoms with Gasteiger partial charge in [-0.05, 0) is 37.3 Å². The van der Waals surface area contributed by atoms with E-state index < -0.39 is 6.35 Å². The molecule has 1 unspecified atom stereocenters. The standard InChI is InChI=1S/C27H30ClN9O/c1-15-6-9-17(10-7-15)37-21(13-20(34-37)27(2,3)4)33-26(38)32-16-8-11-18(19(28)12-16)23-22-24(29)30-14-31-25(22)36(5)35-23/h6-14,26,32-33,38H,1-5H3,(H2,29,30,31). The van der Waals surface area contributed by atoms with Gasteiger partial charge in [0.25, 0.3) is 0 Å². The van der Waals surface area contributed by atoms with E-state index in [9.17, 15) is 5.11 Å². The average Bonchev–Trinajstić information content (AvgIpc) is 3.42. The second kappa shape index (κ2) is 9.62. The Labute approximate surface area is 225 Å². The highest BCUT2D eigenvalue weighted by Crippen LogP contribution is 2.35. The van der Waals surface area contributed by atoms with Crippen molar-refractivity contribution < 1.29 is 5.11 Å². The topological polar surface area (TPSA) is 132 Å². The lowest BCUT2D eigenvalue weighted by atomic mass is 9.92. The van der Waals surface area contributed by atoms with Crippen molar-refractivity contribution >= 4 is 40.0 Å². The average molecular weight is 532 g/mol. The highest BCUT2D eigenvalue weighted by molar-refractivity contribution is 6.34. The molecule has 0 aliphatic rings. The van der Waals surface area contributed by atoms with Crippen LogP contribution < -0.4 is 16.4 Å². The molecule has 11 heteroatoms.